The summed E-state index contributed by atoms with van der Waals surface area (Å²) < 4.78 is 0. The summed E-state index contributed by atoms with van der Waals surface area (Å²) >= 11 is 18.7. The monoisotopic (exact) mass is 434 g/mol. The zero-order chi connectivity index (χ0) is 14.7. The van der Waals surface area contributed by atoms with Gasteiger partial charge in [0.05, 0.1) is 9.65 Å². The molecule has 0 aliphatic carbocycles. The van der Waals surface area contributed by atoms with Crippen LogP contribution in [-0.4, -0.2) is 10.6 Å². The molecule has 0 saturated carbocycles. The molecular weight excluding hydrogens is 427 g/mol. The van der Waals surface area contributed by atoms with Crippen molar-refractivity contribution in [3.8, 4) is 0 Å². The lowest BCUT2D eigenvalue weighted by Crippen LogP contribution is -2.19. The molecule has 0 amide bonds. The van der Waals surface area contributed by atoms with E-state index in [0.29, 0.717) is 15.6 Å². The van der Waals surface area contributed by atoms with Gasteiger partial charge in [0.15, 0.2) is 5.78 Å². The molecule has 0 aliphatic rings. The molecule has 0 aliphatic heterocycles. The van der Waals surface area contributed by atoms with Crippen LogP contribution in [0.2, 0.25) is 10.0 Å². The standard InChI is InChI=1S/C15H10Br2Cl2O/c16-13(9-1-5-11(18)6-2-9)14(17)15(20)10-3-7-12(19)8-4-10/h1-8,13-14H/t13-,14+/m0/s1. The minimum absolute atomic E-state index is 0.00140. The molecule has 0 heterocycles. The number of ketones is 1. The number of carbonyl (C=O) groups is 1. The van der Waals surface area contributed by atoms with Crippen LogP contribution in [0.4, 0.5) is 0 Å². The van der Waals surface area contributed by atoms with Gasteiger partial charge >= 0.3 is 0 Å². The first-order valence-electron chi connectivity index (χ1n) is 5.82. The number of hydrogen-bond donors (Lipinski definition) is 0. The molecule has 0 unspecified atom stereocenters. The lowest BCUT2D eigenvalue weighted by molar-refractivity contribution is 0.0991. The predicted molar refractivity (Wildman–Crippen MR) is 91.6 cm³/mol. The van der Waals surface area contributed by atoms with Crippen LogP contribution in [0.3, 0.4) is 0 Å². The molecule has 2 aromatic carbocycles. The second kappa shape index (κ2) is 7.08. The van der Waals surface area contributed by atoms with Crippen LogP contribution < -0.4 is 0 Å². The summed E-state index contributed by atoms with van der Waals surface area (Å²) in [6.07, 6.45) is 0. The van der Waals surface area contributed by atoms with Crippen molar-refractivity contribution in [3.63, 3.8) is 0 Å². The van der Waals surface area contributed by atoms with Crippen LogP contribution in [0.15, 0.2) is 48.5 Å². The Bertz CT molecular complexity index is 596. The highest BCUT2D eigenvalue weighted by Crippen LogP contribution is 2.33. The van der Waals surface area contributed by atoms with E-state index in [2.05, 4.69) is 31.9 Å². The van der Waals surface area contributed by atoms with E-state index < -0.39 is 0 Å². The molecule has 1 nitrogen and oxygen atoms in total. The maximum atomic E-state index is 12.4. The summed E-state index contributed by atoms with van der Waals surface area (Å²) in [4.78, 5) is 11.9. The van der Waals surface area contributed by atoms with Crippen LogP contribution in [0, 0.1) is 0 Å². The van der Waals surface area contributed by atoms with E-state index in [4.69, 9.17) is 23.2 Å². The van der Waals surface area contributed by atoms with Crippen molar-refractivity contribution in [2.45, 2.75) is 9.65 Å². The minimum atomic E-state index is -0.371. The molecule has 2 aromatic rings. The Morgan fingerprint density at radius 2 is 1.30 bits per heavy atom. The van der Waals surface area contributed by atoms with E-state index in [1.807, 2.05) is 12.1 Å². The third kappa shape index (κ3) is 3.85. The molecule has 104 valence electrons. The molecule has 5 heteroatoms. The molecule has 0 fully saturated rings. The first-order valence-corrected chi connectivity index (χ1v) is 8.41. The van der Waals surface area contributed by atoms with Crippen molar-refractivity contribution in [1.82, 2.24) is 0 Å². The van der Waals surface area contributed by atoms with Crippen LogP contribution >= 0.6 is 55.1 Å². The number of Topliss-reactive ketones (excluding diaryl/α,β-unsaturated/α-hetero) is 1. The van der Waals surface area contributed by atoms with Gasteiger partial charge in [-0.25, -0.2) is 0 Å². The first kappa shape index (κ1) is 16.0. The Labute approximate surface area is 144 Å². The third-order valence-corrected chi connectivity index (χ3v) is 6.04. The van der Waals surface area contributed by atoms with Crippen molar-refractivity contribution >= 4 is 60.8 Å². The van der Waals surface area contributed by atoms with Crippen LogP contribution in [0.25, 0.3) is 0 Å². The zero-order valence-electron chi connectivity index (χ0n) is 10.2. The lowest BCUT2D eigenvalue weighted by atomic mass is 10.0. The second-order valence-corrected chi connectivity index (χ2v) is 7.07. The average molecular weight is 437 g/mol. The fourth-order valence-electron chi connectivity index (χ4n) is 1.72. The highest BCUT2D eigenvalue weighted by atomic mass is 79.9. The Morgan fingerprint density at radius 1 is 0.850 bits per heavy atom. The lowest BCUT2D eigenvalue weighted by Gasteiger charge is -2.16. The van der Waals surface area contributed by atoms with E-state index in [-0.39, 0.29) is 15.4 Å². The van der Waals surface area contributed by atoms with Crippen LogP contribution in [0.1, 0.15) is 20.7 Å². The number of halogens is 4. The van der Waals surface area contributed by atoms with Gasteiger partial charge in [-0.2, -0.15) is 0 Å². The van der Waals surface area contributed by atoms with E-state index in [9.17, 15) is 4.79 Å². The fourth-order valence-corrected chi connectivity index (χ4v) is 3.09. The maximum Gasteiger partial charge on any atom is 0.177 e. The fraction of sp³-hybridized carbons (Fsp3) is 0.133. The van der Waals surface area contributed by atoms with Gasteiger partial charge in [0, 0.05) is 15.6 Å². The number of hydrogen-bond acceptors (Lipinski definition) is 1. The van der Waals surface area contributed by atoms with Crippen molar-refractivity contribution < 1.29 is 4.79 Å². The predicted octanol–water partition coefficient (Wildman–Crippen LogP) is 6.08. The normalized spacial score (nSPS) is 13.8. The summed E-state index contributed by atoms with van der Waals surface area (Å²) in [5.41, 5.74) is 1.60. The molecule has 0 saturated heterocycles. The second-order valence-electron chi connectivity index (χ2n) is 4.23. The quantitative estimate of drug-likeness (QED) is 0.419. The zero-order valence-corrected chi connectivity index (χ0v) is 14.9. The van der Waals surface area contributed by atoms with Gasteiger partial charge in [-0.05, 0) is 42.0 Å². The number of rotatable bonds is 4. The molecule has 2 rings (SSSR count). The van der Waals surface area contributed by atoms with Gasteiger partial charge < -0.3 is 0 Å². The van der Waals surface area contributed by atoms with Gasteiger partial charge in [-0.1, -0.05) is 67.2 Å². The van der Waals surface area contributed by atoms with Crippen molar-refractivity contribution in [1.29, 1.82) is 0 Å². The molecule has 0 spiro atoms. The summed E-state index contributed by atoms with van der Waals surface area (Å²) in [6.45, 7) is 0. The first-order chi connectivity index (χ1) is 9.49. The van der Waals surface area contributed by atoms with E-state index in [1.54, 1.807) is 36.4 Å². The number of benzene rings is 2. The van der Waals surface area contributed by atoms with E-state index in [0.717, 1.165) is 5.56 Å². The minimum Gasteiger partial charge on any atom is -0.293 e. The highest BCUT2D eigenvalue weighted by Gasteiger charge is 2.25. The summed E-state index contributed by atoms with van der Waals surface area (Å²) in [5, 5.41) is 1.28. The summed E-state index contributed by atoms with van der Waals surface area (Å²) in [5.74, 6) is -0.00140. The van der Waals surface area contributed by atoms with Crippen molar-refractivity contribution in [3.05, 3.63) is 69.7 Å². The molecule has 0 bridgehead atoms. The van der Waals surface area contributed by atoms with Gasteiger partial charge in [-0.15, -0.1) is 0 Å². The SMILES string of the molecule is O=C(c1ccc(Cl)cc1)[C@H](Br)[C@@H](Br)c1ccc(Cl)cc1. The van der Waals surface area contributed by atoms with Crippen LogP contribution in [-0.2, 0) is 0 Å². The molecule has 0 radical (unpaired) electrons. The van der Waals surface area contributed by atoms with E-state index >= 15 is 0 Å². The molecule has 2 atom stereocenters. The Hall–Kier alpha value is -0.350. The highest BCUT2D eigenvalue weighted by molar-refractivity contribution is 9.12. The molecule has 20 heavy (non-hydrogen) atoms. The smallest absolute Gasteiger partial charge is 0.177 e. The number of carbonyl (C=O) groups excluding carboxylic acids is 1. The number of alkyl halides is 2. The molecule has 0 aromatic heterocycles. The summed E-state index contributed by atoms with van der Waals surface area (Å²) in [6, 6.07) is 14.3. The Morgan fingerprint density at radius 3 is 1.80 bits per heavy atom. The van der Waals surface area contributed by atoms with E-state index in [1.165, 1.54) is 0 Å². The largest absolute Gasteiger partial charge is 0.293 e. The van der Waals surface area contributed by atoms with Gasteiger partial charge in [-0.3, -0.25) is 4.79 Å². The maximum absolute atomic E-state index is 12.4. The van der Waals surface area contributed by atoms with Gasteiger partial charge in [0.1, 0.15) is 0 Å². The van der Waals surface area contributed by atoms with Crippen LogP contribution in [0.5, 0.6) is 0 Å². The average Bonchev–Trinajstić information content (AvgIpc) is 2.46. The third-order valence-electron chi connectivity index (χ3n) is 2.82. The Balaban J connectivity index is 2.17. The Kier molecular flexibility index (Phi) is 5.67. The molecular formula is C15H10Br2Cl2O. The van der Waals surface area contributed by atoms with Gasteiger partial charge in [0.25, 0.3) is 0 Å². The topological polar surface area (TPSA) is 17.1 Å². The molecule has 0 N–H and O–H groups in total. The van der Waals surface area contributed by atoms with Crippen molar-refractivity contribution in [2.75, 3.05) is 0 Å². The summed E-state index contributed by atoms with van der Waals surface area (Å²) in [7, 11) is 0. The van der Waals surface area contributed by atoms with Gasteiger partial charge in [0.2, 0.25) is 0 Å². The van der Waals surface area contributed by atoms with Crippen molar-refractivity contribution in [2.24, 2.45) is 0 Å².